The van der Waals surface area contributed by atoms with E-state index in [2.05, 4.69) is 10.6 Å². The first-order valence-corrected chi connectivity index (χ1v) is 6.27. The number of amides is 1. The number of benzene rings is 1. The Hall–Kier alpha value is -1.55. The molecule has 0 saturated carbocycles. The molecule has 2 N–H and O–H groups in total. The molecule has 0 aliphatic rings. The summed E-state index contributed by atoms with van der Waals surface area (Å²) < 4.78 is 5.41. The van der Waals surface area contributed by atoms with E-state index in [-0.39, 0.29) is 11.8 Å². The number of anilines is 1. The Labute approximate surface area is 109 Å². The van der Waals surface area contributed by atoms with Gasteiger partial charge in [0.05, 0.1) is 6.61 Å². The van der Waals surface area contributed by atoms with Gasteiger partial charge >= 0.3 is 0 Å². The van der Waals surface area contributed by atoms with Crippen molar-refractivity contribution in [2.24, 2.45) is 5.92 Å². The van der Waals surface area contributed by atoms with Crippen LogP contribution in [0.4, 0.5) is 5.69 Å². The average molecular weight is 250 g/mol. The summed E-state index contributed by atoms with van der Waals surface area (Å²) in [5.74, 6) is 0.800. The number of carbonyl (C=O) groups excluding carboxylic acids is 1. The standard InChI is InChI=1S/C14H22N2O2/c1-5-18-12-6-7-13(10(2)8-12)16-14(17)11(3)9-15-4/h6-8,11,15H,5,9H2,1-4H3,(H,16,17). The van der Waals surface area contributed by atoms with Crippen LogP contribution in [0.1, 0.15) is 19.4 Å². The van der Waals surface area contributed by atoms with Crippen LogP contribution in [0.3, 0.4) is 0 Å². The highest BCUT2D eigenvalue weighted by atomic mass is 16.5. The van der Waals surface area contributed by atoms with E-state index in [1.807, 2.05) is 46.0 Å². The zero-order valence-corrected chi connectivity index (χ0v) is 11.5. The SMILES string of the molecule is CCOc1ccc(NC(=O)C(C)CNC)c(C)c1. The van der Waals surface area contributed by atoms with Gasteiger partial charge < -0.3 is 15.4 Å². The number of rotatable bonds is 6. The first-order valence-electron chi connectivity index (χ1n) is 6.27. The van der Waals surface area contributed by atoms with Crippen molar-refractivity contribution in [3.05, 3.63) is 23.8 Å². The third-order valence-electron chi connectivity index (χ3n) is 2.72. The Morgan fingerprint density at radius 2 is 2.17 bits per heavy atom. The van der Waals surface area contributed by atoms with E-state index in [1.165, 1.54) is 0 Å². The molecule has 0 spiro atoms. The average Bonchev–Trinajstić information content (AvgIpc) is 2.33. The molecule has 1 amide bonds. The van der Waals surface area contributed by atoms with E-state index < -0.39 is 0 Å². The Balaban J connectivity index is 2.70. The van der Waals surface area contributed by atoms with Crippen molar-refractivity contribution in [3.8, 4) is 5.75 Å². The lowest BCUT2D eigenvalue weighted by atomic mass is 10.1. The van der Waals surface area contributed by atoms with E-state index in [9.17, 15) is 4.79 Å². The predicted octanol–water partition coefficient (Wildman–Crippen LogP) is 2.19. The summed E-state index contributed by atoms with van der Waals surface area (Å²) in [4.78, 5) is 11.9. The van der Waals surface area contributed by atoms with Gasteiger partial charge in [0.2, 0.25) is 5.91 Å². The second kappa shape index (κ2) is 7.01. The van der Waals surface area contributed by atoms with Crippen LogP contribution in [0.15, 0.2) is 18.2 Å². The third kappa shape index (κ3) is 4.04. The third-order valence-corrected chi connectivity index (χ3v) is 2.72. The van der Waals surface area contributed by atoms with Crippen LogP contribution >= 0.6 is 0 Å². The molecule has 0 aliphatic heterocycles. The van der Waals surface area contributed by atoms with E-state index in [0.29, 0.717) is 13.2 Å². The highest BCUT2D eigenvalue weighted by molar-refractivity contribution is 5.93. The van der Waals surface area contributed by atoms with Gasteiger partial charge in [0.25, 0.3) is 0 Å². The number of hydrogen-bond donors (Lipinski definition) is 2. The Kier molecular flexibility index (Phi) is 5.65. The van der Waals surface area contributed by atoms with E-state index >= 15 is 0 Å². The van der Waals surface area contributed by atoms with Gasteiger partial charge in [0, 0.05) is 18.2 Å². The Morgan fingerprint density at radius 1 is 1.44 bits per heavy atom. The molecule has 0 radical (unpaired) electrons. The molecule has 1 aromatic rings. The van der Waals surface area contributed by atoms with Crippen molar-refractivity contribution in [1.82, 2.24) is 5.32 Å². The summed E-state index contributed by atoms with van der Waals surface area (Å²) in [5.41, 5.74) is 1.84. The van der Waals surface area contributed by atoms with Crippen molar-refractivity contribution in [3.63, 3.8) is 0 Å². The summed E-state index contributed by atoms with van der Waals surface area (Å²) in [7, 11) is 1.84. The molecule has 0 aromatic heterocycles. The van der Waals surface area contributed by atoms with Crippen molar-refractivity contribution < 1.29 is 9.53 Å². The molecule has 0 saturated heterocycles. The molecule has 0 aliphatic carbocycles. The van der Waals surface area contributed by atoms with Gasteiger partial charge in [-0.2, -0.15) is 0 Å². The van der Waals surface area contributed by atoms with Crippen LogP contribution in [0.5, 0.6) is 5.75 Å². The van der Waals surface area contributed by atoms with Crippen LogP contribution < -0.4 is 15.4 Å². The quantitative estimate of drug-likeness (QED) is 0.813. The summed E-state index contributed by atoms with van der Waals surface area (Å²) in [6.45, 7) is 7.12. The largest absolute Gasteiger partial charge is 0.494 e. The predicted molar refractivity (Wildman–Crippen MR) is 74.1 cm³/mol. The minimum absolute atomic E-state index is 0.0246. The fourth-order valence-corrected chi connectivity index (χ4v) is 1.69. The number of nitrogens with one attached hydrogen (secondary N) is 2. The molecule has 4 nitrogen and oxygen atoms in total. The fraction of sp³-hybridized carbons (Fsp3) is 0.500. The zero-order valence-electron chi connectivity index (χ0n) is 11.5. The van der Waals surface area contributed by atoms with Crippen molar-refractivity contribution in [2.45, 2.75) is 20.8 Å². The lowest BCUT2D eigenvalue weighted by Gasteiger charge is -2.14. The molecular weight excluding hydrogens is 228 g/mol. The zero-order chi connectivity index (χ0) is 13.5. The summed E-state index contributed by atoms with van der Waals surface area (Å²) in [6, 6.07) is 5.68. The molecule has 4 heteroatoms. The summed E-state index contributed by atoms with van der Waals surface area (Å²) in [6.07, 6.45) is 0. The summed E-state index contributed by atoms with van der Waals surface area (Å²) >= 11 is 0. The van der Waals surface area contributed by atoms with Crippen molar-refractivity contribution >= 4 is 11.6 Å². The maximum absolute atomic E-state index is 11.9. The van der Waals surface area contributed by atoms with Gasteiger partial charge in [0.15, 0.2) is 0 Å². The first kappa shape index (κ1) is 14.5. The van der Waals surface area contributed by atoms with Gasteiger partial charge in [-0.25, -0.2) is 0 Å². The smallest absolute Gasteiger partial charge is 0.228 e. The first-order chi connectivity index (χ1) is 8.58. The number of ether oxygens (including phenoxy) is 1. The molecule has 1 atom stereocenters. The summed E-state index contributed by atoms with van der Waals surface area (Å²) in [5, 5.41) is 5.92. The molecule has 0 fully saturated rings. The molecule has 0 heterocycles. The molecule has 1 aromatic carbocycles. The minimum atomic E-state index is -0.0547. The van der Waals surface area contributed by atoms with Crippen LogP contribution in [-0.2, 0) is 4.79 Å². The maximum Gasteiger partial charge on any atom is 0.228 e. The monoisotopic (exact) mass is 250 g/mol. The lowest BCUT2D eigenvalue weighted by Crippen LogP contribution is -2.28. The molecule has 100 valence electrons. The topological polar surface area (TPSA) is 50.4 Å². The fourth-order valence-electron chi connectivity index (χ4n) is 1.69. The van der Waals surface area contributed by atoms with Crippen LogP contribution in [0.25, 0.3) is 0 Å². The van der Waals surface area contributed by atoms with Gasteiger partial charge in [-0.1, -0.05) is 6.92 Å². The molecule has 0 bridgehead atoms. The highest BCUT2D eigenvalue weighted by Gasteiger charge is 2.13. The minimum Gasteiger partial charge on any atom is -0.494 e. The molecule has 1 unspecified atom stereocenters. The maximum atomic E-state index is 11.9. The van der Waals surface area contributed by atoms with E-state index in [1.54, 1.807) is 0 Å². The number of carbonyl (C=O) groups is 1. The molecule has 1 rings (SSSR count). The highest BCUT2D eigenvalue weighted by Crippen LogP contribution is 2.21. The Morgan fingerprint density at radius 3 is 2.72 bits per heavy atom. The van der Waals surface area contributed by atoms with E-state index in [0.717, 1.165) is 17.0 Å². The van der Waals surface area contributed by atoms with Crippen LogP contribution in [0.2, 0.25) is 0 Å². The van der Waals surface area contributed by atoms with Crippen molar-refractivity contribution in [1.29, 1.82) is 0 Å². The van der Waals surface area contributed by atoms with Crippen LogP contribution in [0, 0.1) is 12.8 Å². The number of hydrogen-bond acceptors (Lipinski definition) is 3. The Bertz CT molecular complexity index is 405. The van der Waals surface area contributed by atoms with Gasteiger partial charge in [-0.05, 0) is 44.7 Å². The van der Waals surface area contributed by atoms with Crippen LogP contribution in [-0.4, -0.2) is 26.1 Å². The van der Waals surface area contributed by atoms with E-state index in [4.69, 9.17) is 4.74 Å². The van der Waals surface area contributed by atoms with Gasteiger partial charge in [-0.3, -0.25) is 4.79 Å². The lowest BCUT2D eigenvalue weighted by molar-refractivity contribution is -0.119. The molecule has 18 heavy (non-hydrogen) atoms. The second-order valence-electron chi connectivity index (χ2n) is 4.36. The molecular formula is C14H22N2O2. The van der Waals surface area contributed by atoms with Gasteiger partial charge in [0.1, 0.15) is 5.75 Å². The van der Waals surface area contributed by atoms with Crippen molar-refractivity contribution in [2.75, 3.05) is 25.5 Å². The second-order valence-corrected chi connectivity index (χ2v) is 4.36. The number of aryl methyl sites for hydroxylation is 1. The normalized spacial score (nSPS) is 12.0. The van der Waals surface area contributed by atoms with Gasteiger partial charge in [-0.15, -0.1) is 0 Å².